The highest BCUT2D eigenvalue weighted by molar-refractivity contribution is 4.99. The van der Waals surface area contributed by atoms with Crippen LogP contribution in [0.2, 0.25) is 0 Å². The van der Waals surface area contributed by atoms with Crippen LogP contribution in [0.5, 0.6) is 0 Å². The summed E-state index contributed by atoms with van der Waals surface area (Å²) >= 11 is 0. The minimum atomic E-state index is 0.164. The molecule has 1 aliphatic heterocycles. The van der Waals surface area contributed by atoms with E-state index in [1.54, 1.807) is 14.0 Å². The molecule has 8 heteroatoms. The van der Waals surface area contributed by atoms with Crippen molar-refractivity contribution >= 4 is 0 Å². The Morgan fingerprint density at radius 2 is 2.19 bits per heavy atom. The van der Waals surface area contributed by atoms with Crippen molar-refractivity contribution in [2.45, 2.75) is 38.8 Å². The van der Waals surface area contributed by atoms with Crippen molar-refractivity contribution in [2.24, 2.45) is 0 Å². The van der Waals surface area contributed by atoms with Crippen LogP contribution in [0.1, 0.15) is 42.3 Å². The average molecular weight is 293 g/mol. The van der Waals surface area contributed by atoms with Crippen molar-refractivity contribution in [3.05, 3.63) is 23.4 Å². The van der Waals surface area contributed by atoms with Crippen LogP contribution in [-0.2, 0) is 17.7 Å². The van der Waals surface area contributed by atoms with E-state index in [0.29, 0.717) is 37.2 Å². The topological polar surface area (TPSA) is 90.3 Å². The summed E-state index contributed by atoms with van der Waals surface area (Å²) in [6.07, 6.45) is 2.78. The van der Waals surface area contributed by atoms with E-state index in [0.717, 1.165) is 25.2 Å². The molecule has 21 heavy (non-hydrogen) atoms. The van der Waals surface area contributed by atoms with Crippen LogP contribution in [0.3, 0.4) is 0 Å². The van der Waals surface area contributed by atoms with E-state index in [9.17, 15) is 0 Å². The van der Waals surface area contributed by atoms with Crippen molar-refractivity contribution in [1.82, 2.24) is 25.2 Å². The van der Waals surface area contributed by atoms with Crippen LogP contribution in [0, 0.1) is 6.92 Å². The number of nitrogens with zero attached hydrogens (tertiary/aromatic N) is 5. The quantitative estimate of drug-likeness (QED) is 0.787. The lowest BCUT2D eigenvalue weighted by molar-refractivity contribution is 0.198. The Morgan fingerprint density at radius 3 is 2.95 bits per heavy atom. The number of ether oxygens (including phenoxy) is 1. The van der Waals surface area contributed by atoms with Gasteiger partial charge in [-0.15, -0.1) is 0 Å². The molecule has 114 valence electrons. The molecule has 1 aliphatic rings. The lowest BCUT2D eigenvalue weighted by atomic mass is 10.2. The first kappa shape index (κ1) is 14.2. The van der Waals surface area contributed by atoms with Crippen LogP contribution < -0.4 is 0 Å². The van der Waals surface area contributed by atoms with Crippen molar-refractivity contribution in [3.8, 4) is 0 Å². The number of hydrogen-bond donors (Lipinski definition) is 0. The average Bonchev–Trinajstić information content (AvgIpc) is 3.18. The first-order valence-corrected chi connectivity index (χ1v) is 7.11. The second-order valence-electron chi connectivity index (χ2n) is 5.15. The molecule has 1 saturated heterocycles. The van der Waals surface area contributed by atoms with E-state index in [1.807, 2.05) is 0 Å². The van der Waals surface area contributed by atoms with Gasteiger partial charge in [-0.1, -0.05) is 10.3 Å². The summed E-state index contributed by atoms with van der Waals surface area (Å²) in [5.74, 6) is 2.63. The molecule has 2 aromatic rings. The summed E-state index contributed by atoms with van der Waals surface area (Å²) in [4.78, 5) is 11.0. The van der Waals surface area contributed by atoms with E-state index in [4.69, 9.17) is 13.8 Å². The van der Waals surface area contributed by atoms with E-state index in [2.05, 4.69) is 25.2 Å². The van der Waals surface area contributed by atoms with Crippen LogP contribution in [-0.4, -0.2) is 45.4 Å². The zero-order valence-corrected chi connectivity index (χ0v) is 12.3. The molecule has 1 atom stereocenters. The summed E-state index contributed by atoms with van der Waals surface area (Å²) in [7, 11) is 1.66. The molecular weight excluding hydrogens is 274 g/mol. The maximum absolute atomic E-state index is 5.29. The lowest BCUT2D eigenvalue weighted by Crippen LogP contribution is -2.23. The molecule has 0 amide bonds. The normalized spacial score (nSPS) is 19.4. The van der Waals surface area contributed by atoms with Gasteiger partial charge >= 0.3 is 0 Å². The zero-order chi connectivity index (χ0) is 14.7. The Balaban J connectivity index is 1.64. The molecule has 2 aromatic heterocycles. The van der Waals surface area contributed by atoms with Gasteiger partial charge in [0.25, 0.3) is 0 Å². The number of methoxy groups -OCH3 is 1. The van der Waals surface area contributed by atoms with Crippen LogP contribution in [0.4, 0.5) is 0 Å². The van der Waals surface area contributed by atoms with Crippen LogP contribution >= 0.6 is 0 Å². The summed E-state index contributed by atoms with van der Waals surface area (Å²) in [5.41, 5.74) is 0. The molecule has 3 rings (SSSR count). The predicted octanol–water partition coefficient (Wildman–Crippen LogP) is 1.29. The van der Waals surface area contributed by atoms with Gasteiger partial charge in [0.2, 0.25) is 11.8 Å². The molecule has 8 nitrogen and oxygen atoms in total. The second-order valence-corrected chi connectivity index (χ2v) is 5.15. The number of aromatic nitrogens is 4. The summed E-state index contributed by atoms with van der Waals surface area (Å²) < 4.78 is 15.4. The molecule has 0 aliphatic carbocycles. The fourth-order valence-electron chi connectivity index (χ4n) is 2.58. The molecular formula is C13H19N5O3. The minimum absolute atomic E-state index is 0.164. The maximum atomic E-state index is 5.29. The van der Waals surface area contributed by atoms with Gasteiger partial charge in [-0.25, -0.2) is 0 Å². The highest BCUT2D eigenvalue weighted by Gasteiger charge is 2.30. The minimum Gasteiger partial charge on any atom is -0.384 e. The Kier molecular flexibility index (Phi) is 4.26. The first-order chi connectivity index (χ1) is 10.3. The Morgan fingerprint density at radius 1 is 1.29 bits per heavy atom. The second kappa shape index (κ2) is 6.31. The van der Waals surface area contributed by atoms with Gasteiger partial charge in [-0.05, 0) is 19.4 Å². The van der Waals surface area contributed by atoms with Crippen molar-refractivity contribution in [2.75, 3.05) is 20.3 Å². The summed E-state index contributed by atoms with van der Waals surface area (Å²) in [5, 5.41) is 7.98. The molecule has 3 heterocycles. The molecule has 0 bridgehead atoms. The predicted molar refractivity (Wildman–Crippen MR) is 71.3 cm³/mol. The fraction of sp³-hybridized carbons (Fsp3) is 0.692. The Hall–Kier alpha value is -1.80. The van der Waals surface area contributed by atoms with Gasteiger partial charge in [0.1, 0.15) is 0 Å². The SMILES string of the molecule is COCCc1noc(CN2CCC[C@@H]2c2noc(C)n2)n1. The summed E-state index contributed by atoms with van der Waals surface area (Å²) in [6.45, 7) is 3.97. The Labute approximate surface area is 122 Å². The van der Waals surface area contributed by atoms with Gasteiger partial charge < -0.3 is 13.8 Å². The molecule has 0 spiro atoms. The highest BCUT2D eigenvalue weighted by Crippen LogP contribution is 2.31. The maximum Gasteiger partial charge on any atom is 0.240 e. The number of rotatable bonds is 6. The van der Waals surface area contributed by atoms with Gasteiger partial charge in [-0.3, -0.25) is 4.90 Å². The smallest absolute Gasteiger partial charge is 0.240 e. The number of hydrogen-bond acceptors (Lipinski definition) is 8. The molecule has 0 unspecified atom stereocenters. The summed E-state index contributed by atoms with van der Waals surface area (Å²) in [6, 6.07) is 0.164. The van der Waals surface area contributed by atoms with Crippen LogP contribution in [0.15, 0.2) is 9.05 Å². The van der Waals surface area contributed by atoms with Gasteiger partial charge in [-0.2, -0.15) is 9.97 Å². The van der Waals surface area contributed by atoms with Crippen molar-refractivity contribution < 1.29 is 13.8 Å². The fourth-order valence-corrected chi connectivity index (χ4v) is 2.58. The van der Waals surface area contributed by atoms with E-state index in [1.165, 1.54) is 0 Å². The van der Waals surface area contributed by atoms with E-state index >= 15 is 0 Å². The van der Waals surface area contributed by atoms with Crippen LogP contribution in [0.25, 0.3) is 0 Å². The van der Waals surface area contributed by atoms with Gasteiger partial charge in [0.05, 0.1) is 19.2 Å². The van der Waals surface area contributed by atoms with E-state index < -0.39 is 0 Å². The third kappa shape index (κ3) is 3.27. The highest BCUT2D eigenvalue weighted by atomic mass is 16.5. The largest absolute Gasteiger partial charge is 0.384 e. The number of likely N-dealkylation sites (tertiary alicyclic amines) is 1. The van der Waals surface area contributed by atoms with E-state index in [-0.39, 0.29) is 6.04 Å². The zero-order valence-electron chi connectivity index (χ0n) is 12.3. The van der Waals surface area contributed by atoms with Crippen molar-refractivity contribution in [1.29, 1.82) is 0 Å². The van der Waals surface area contributed by atoms with Gasteiger partial charge in [0, 0.05) is 20.5 Å². The third-order valence-electron chi connectivity index (χ3n) is 3.58. The molecule has 0 radical (unpaired) electrons. The third-order valence-corrected chi connectivity index (χ3v) is 3.58. The Bertz CT molecular complexity index is 582. The molecule has 1 fully saturated rings. The number of aryl methyl sites for hydroxylation is 1. The lowest BCUT2D eigenvalue weighted by Gasteiger charge is -2.19. The standard InChI is InChI=1S/C13H19N5O3/c1-9-14-13(17-20-9)10-4-3-6-18(10)8-12-15-11(16-21-12)5-7-19-2/h10H,3-8H2,1-2H3/t10-/m1/s1. The van der Waals surface area contributed by atoms with Gasteiger partial charge in [0.15, 0.2) is 11.6 Å². The monoisotopic (exact) mass is 293 g/mol. The molecule has 0 N–H and O–H groups in total. The first-order valence-electron chi connectivity index (χ1n) is 7.11. The van der Waals surface area contributed by atoms with Crippen molar-refractivity contribution in [3.63, 3.8) is 0 Å². The molecule has 0 aromatic carbocycles. The molecule has 0 saturated carbocycles.